The smallest absolute Gasteiger partial charge is 0.330 e. The summed E-state index contributed by atoms with van der Waals surface area (Å²) in [7, 11) is 0. The van der Waals surface area contributed by atoms with Gasteiger partial charge in [0.25, 0.3) is 5.91 Å². The van der Waals surface area contributed by atoms with E-state index in [0.29, 0.717) is 24.3 Å². The number of halogens is 4. The summed E-state index contributed by atoms with van der Waals surface area (Å²) < 4.78 is 54.0. The number of nitrogens with two attached hydrogens (primary N) is 1. The summed E-state index contributed by atoms with van der Waals surface area (Å²) in [5.41, 5.74) is 5.19. The van der Waals surface area contributed by atoms with E-state index in [1.165, 1.54) is 4.90 Å². The van der Waals surface area contributed by atoms with Crippen molar-refractivity contribution in [3.63, 3.8) is 0 Å². The first-order valence-electron chi connectivity index (χ1n) is 7.15. The highest BCUT2D eigenvalue weighted by Gasteiger charge is 2.41. The van der Waals surface area contributed by atoms with Crippen LogP contribution in [0.15, 0.2) is 12.1 Å². The van der Waals surface area contributed by atoms with Crippen LogP contribution in [-0.2, 0) is 9.53 Å². The van der Waals surface area contributed by atoms with Crippen molar-refractivity contribution in [1.29, 1.82) is 0 Å². The number of thiophene rings is 1. The third-order valence-electron chi connectivity index (χ3n) is 3.61. The van der Waals surface area contributed by atoms with Crippen molar-refractivity contribution >= 4 is 23.2 Å². The first kappa shape index (κ1) is 18.7. The molecule has 1 aliphatic rings. The number of carbonyl (C=O) groups excluding carboxylic acids is 2. The molecule has 1 unspecified atom stereocenters. The van der Waals surface area contributed by atoms with Crippen LogP contribution >= 0.6 is 11.3 Å². The lowest BCUT2D eigenvalue weighted by atomic mass is 10.2. The van der Waals surface area contributed by atoms with Gasteiger partial charge in [-0.05, 0) is 25.0 Å². The van der Waals surface area contributed by atoms with Crippen LogP contribution in [0.25, 0.3) is 0 Å². The normalized spacial score (nSPS) is 18.4. The Bertz CT molecular complexity index is 609. The summed E-state index contributed by atoms with van der Waals surface area (Å²) >= 11 is 1.16. The molecular formula is C14H16F4N2O3S. The predicted octanol–water partition coefficient (Wildman–Crippen LogP) is 2.43. The third kappa shape index (κ3) is 4.23. The molecule has 0 spiro atoms. The number of carbonyl (C=O) groups is 2. The Morgan fingerprint density at radius 1 is 1.42 bits per heavy atom. The molecule has 1 fully saturated rings. The number of likely N-dealkylation sites (tertiary alicyclic amines) is 1. The standard InChI is InChI=1S/C14H16F4N2O3S/c15-13(16)14(17,18)7-23-6-11(21)20-5-1-2-8(20)9-3-4-10(24-9)12(19)22/h3-4,8,13H,1-2,5-7H2,(H2,19,22). The van der Waals surface area contributed by atoms with Crippen molar-refractivity contribution in [3.05, 3.63) is 21.9 Å². The fourth-order valence-corrected chi connectivity index (χ4v) is 3.45. The van der Waals surface area contributed by atoms with E-state index in [2.05, 4.69) is 4.74 Å². The van der Waals surface area contributed by atoms with Crippen molar-refractivity contribution in [2.45, 2.75) is 31.2 Å². The van der Waals surface area contributed by atoms with Crippen LogP contribution in [-0.4, -0.2) is 48.8 Å². The minimum Gasteiger partial charge on any atom is -0.365 e. The quantitative estimate of drug-likeness (QED) is 0.752. The van der Waals surface area contributed by atoms with Gasteiger partial charge in [-0.1, -0.05) is 0 Å². The summed E-state index contributed by atoms with van der Waals surface area (Å²) in [5, 5.41) is 0. The molecule has 134 valence electrons. The van der Waals surface area contributed by atoms with Gasteiger partial charge in [0.15, 0.2) is 0 Å². The van der Waals surface area contributed by atoms with Crippen LogP contribution < -0.4 is 5.73 Å². The molecule has 1 aliphatic heterocycles. The number of rotatable bonds is 7. The maximum atomic E-state index is 12.8. The lowest BCUT2D eigenvalue weighted by Crippen LogP contribution is -2.37. The molecule has 2 heterocycles. The Labute approximate surface area is 139 Å². The van der Waals surface area contributed by atoms with Crippen molar-refractivity contribution in [2.75, 3.05) is 19.8 Å². The molecule has 2 amide bonds. The van der Waals surface area contributed by atoms with Gasteiger partial charge in [-0.2, -0.15) is 8.78 Å². The molecule has 1 aromatic heterocycles. The first-order chi connectivity index (χ1) is 11.2. The Balaban J connectivity index is 1.94. The lowest BCUT2D eigenvalue weighted by Gasteiger charge is -2.24. The fourth-order valence-electron chi connectivity index (χ4n) is 2.45. The summed E-state index contributed by atoms with van der Waals surface area (Å²) in [6.07, 6.45) is -2.49. The third-order valence-corrected chi connectivity index (χ3v) is 4.81. The van der Waals surface area contributed by atoms with E-state index in [1.807, 2.05) is 0 Å². The molecule has 2 N–H and O–H groups in total. The number of hydrogen-bond donors (Lipinski definition) is 1. The van der Waals surface area contributed by atoms with Crippen molar-refractivity contribution < 1.29 is 31.9 Å². The van der Waals surface area contributed by atoms with Crippen molar-refractivity contribution in [2.24, 2.45) is 5.73 Å². The molecule has 0 saturated carbocycles. The van der Waals surface area contributed by atoms with Crippen LogP contribution in [0.4, 0.5) is 17.6 Å². The number of amides is 2. The summed E-state index contributed by atoms with van der Waals surface area (Å²) in [5.74, 6) is -5.41. The van der Waals surface area contributed by atoms with Crippen LogP contribution in [0.5, 0.6) is 0 Å². The zero-order chi connectivity index (χ0) is 17.9. The van der Waals surface area contributed by atoms with Gasteiger partial charge in [0.2, 0.25) is 5.91 Å². The number of alkyl halides is 4. The molecule has 0 bridgehead atoms. The highest BCUT2D eigenvalue weighted by molar-refractivity contribution is 7.14. The molecular weight excluding hydrogens is 352 g/mol. The van der Waals surface area contributed by atoms with Crippen LogP contribution in [0, 0.1) is 0 Å². The minimum absolute atomic E-state index is 0.296. The number of primary amides is 1. The Kier molecular flexibility index (Phi) is 5.81. The minimum atomic E-state index is -4.28. The van der Waals surface area contributed by atoms with Gasteiger partial charge in [-0.15, -0.1) is 11.3 Å². The number of nitrogens with zero attached hydrogens (tertiary/aromatic N) is 1. The summed E-state index contributed by atoms with van der Waals surface area (Å²) in [6, 6.07) is 2.95. The molecule has 1 aromatic rings. The highest BCUT2D eigenvalue weighted by atomic mass is 32.1. The summed E-state index contributed by atoms with van der Waals surface area (Å²) in [4.78, 5) is 25.8. The molecule has 2 rings (SSSR count). The Morgan fingerprint density at radius 3 is 2.71 bits per heavy atom. The fraction of sp³-hybridized carbons (Fsp3) is 0.571. The molecule has 0 aliphatic carbocycles. The van der Waals surface area contributed by atoms with E-state index in [1.54, 1.807) is 12.1 Å². The number of hydrogen-bond acceptors (Lipinski definition) is 4. The van der Waals surface area contributed by atoms with Gasteiger partial charge < -0.3 is 15.4 Å². The monoisotopic (exact) mass is 368 g/mol. The lowest BCUT2D eigenvalue weighted by molar-refractivity contribution is -0.171. The van der Waals surface area contributed by atoms with E-state index >= 15 is 0 Å². The van der Waals surface area contributed by atoms with E-state index in [4.69, 9.17) is 5.73 Å². The Morgan fingerprint density at radius 2 is 2.12 bits per heavy atom. The highest BCUT2D eigenvalue weighted by Crippen LogP contribution is 2.36. The van der Waals surface area contributed by atoms with Crippen molar-refractivity contribution in [1.82, 2.24) is 4.90 Å². The second kappa shape index (κ2) is 7.47. The van der Waals surface area contributed by atoms with Crippen molar-refractivity contribution in [3.8, 4) is 0 Å². The van der Waals surface area contributed by atoms with Gasteiger partial charge in [0.05, 0.1) is 10.9 Å². The zero-order valence-electron chi connectivity index (χ0n) is 12.5. The summed E-state index contributed by atoms with van der Waals surface area (Å²) in [6.45, 7) is -1.81. The molecule has 0 radical (unpaired) electrons. The average Bonchev–Trinajstić information content (AvgIpc) is 3.15. The van der Waals surface area contributed by atoms with Gasteiger partial charge in [-0.3, -0.25) is 9.59 Å². The van der Waals surface area contributed by atoms with Crippen LogP contribution in [0.1, 0.15) is 33.4 Å². The molecule has 24 heavy (non-hydrogen) atoms. The topological polar surface area (TPSA) is 72.6 Å². The van der Waals surface area contributed by atoms with Crippen LogP contribution in [0.2, 0.25) is 0 Å². The van der Waals surface area contributed by atoms with Gasteiger partial charge in [0, 0.05) is 11.4 Å². The van der Waals surface area contributed by atoms with Gasteiger partial charge in [0.1, 0.15) is 13.2 Å². The largest absolute Gasteiger partial charge is 0.365 e. The SMILES string of the molecule is NC(=O)c1ccc(C2CCCN2C(=O)COCC(F)(F)C(F)F)s1. The van der Waals surface area contributed by atoms with Gasteiger partial charge >= 0.3 is 12.3 Å². The van der Waals surface area contributed by atoms with E-state index in [9.17, 15) is 27.2 Å². The Hall–Kier alpha value is -1.68. The zero-order valence-corrected chi connectivity index (χ0v) is 13.3. The number of ether oxygens (including phenoxy) is 1. The average molecular weight is 368 g/mol. The molecule has 10 heteroatoms. The molecule has 0 aromatic carbocycles. The van der Waals surface area contributed by atoms with Gasteiger partial charge in [-0.25, -0.2) is 8.78 Å². The second-order valence-corrected chi connectivity index (χ2v) is 6.48. The maximum Gasteiger partial charge on any atom is 0.330 e. The van der Waals surface area contributed by atoms with E-state index < -0.39 is 37.4 Å². The molecule has 1 saturated heterocycles. The maximum absolute atomic E-state index is 12.8. The first-order valence-corrected chi connectivity index (χ1v) is 7.96. The van der Waals surface area contributed by atoms with E-state index in [0.717, 1.165) is 16.2 Å². The second-order valence-electron chi connectivity index (χ2n) is 5.37. The molecule has 5 nitrogen and oxygen atoms in total. The molecule has 1 atom stereocenters. The van der Waals surface area contributed by atoms with E-state index in [-0.39, 0.29) is 6.04 Å². The van der Waals surface area contributed by atoms with Crippen LogP contribution in [0.3, 0.4) is 0 Å². The predicted molar refractivity (Wildman–Crippen MR) is 78.3 cm³/mol.